The van der Waals surface area contributed by atoms with E-state index in [2.05, 4.69) is 21.2 Å². The lowest BCUT2D eigenvalue weighted by atomic mass is 10.1. The molecule has 0 bridgehead atoms. The maximum absolute atomic E-state index is 12.2. The monoisotopic (exact) mass is 474 g/mol. The number of esters is 1. The van der Waals surface area contributed by atoms with Gasteiger partial charge in [0.2, 0.25) is 0 Å². The lowest BCUT2D eigenvalue weighted by Crippen LogP contribution is -2.21. The minimum atomic E-state index is -0.693. The lowest BCUT2D eigenvalue weighted by molar-refractivity contribution is -0.118. The first-order valence-electron chi connectivity index (χ1n) is 7.72. The van der Waals surface area contributed by atoms with Crippen molar-refractivity contribution in [3.63, 3.8) is 0 Å². The molecule has 0 atom stereocenters. The number of carbonyl (C=O) groups excluding carboxylic acids is 3. The molecule has 10 heteroatoms. The molecule has 1 heterocycles. The van der Waals surface area contributed by atoms with Gasteiger partial charge in [-0.25, -0.2) is 4.79 Å². The van der Waals surface area contributed by atoms with Crippen LogP contribution >= 0.6 is 38.9 Å². The zero-order chi connectivity index (χ0) is 20.1. The Morgan fingerprint density at radius 1 is 1.33 bits per heavy atom. The van der Waals surface area contributed by atoms with Crippen LogP contribution in [0.2, 0.25) is 5.02 Å². The molecule has 0 saturated heterocycles. The van der Waals surface area contributed by atoms with Crippen LogP contribution < -0.4 is 15.8 Å². The molecule has 144 valence electrons. The molecule has 0 unspecified atom stereocenters. The van der Waals surface area contributed by atoms with E-state index in [0.717, 1.165) is 15.8 Å². The Kier molecular flexibility index (Phi) is 7.23. The molecule has 2 rings (SSSR count). The highest BCUT2D eigenvalue weighted by Crippen LogP contribution is 2.33. The molecule has 27 heavy (non-hydrogen) atoms. The number of hydrogen-bond donors (Lipinski definition) is 2. The number of ether oxygens (including phenoxy) is 2. The molecule has 0 spiro atoms. The van der Waals surface area contributed by atoms with Crippen molar-refractivity contribution in [2.75, 3.05) is 18.5 Å². The van der Waals surface area contributed by atoms with Crippen LogP contribution in [0.15, 0.2) is 22.7 Å². The van der Waals surface area contributed by atoms with Crippen LogP contribution in [0.25, 0.3) is 0 Å². The van der Waals surface area contributed by atoms with E-state index in [0.29, 0.717) is 16.3 Å². The number of nitrogens with one attached hydrogen (secondary N) is 1. The van der Waals surface area contributed by atoms with Gasteiger partial charge in [0.05, 0.1) is 22.1 Å². The molecule has 7 nitrogen and oxygen atoms in total. The molecule has 0 aliphatic carbocycles. The van der Waals surface area contributed by atoms with E-state index in [4.69, 9.17) is 26.8 Å². The number of halogens is 2. The Morgan fingerprint density at radius 3 is 2.63 bits per heavy atom. The van der Waals surface area contributed by atoms with Gasteiger partial charge in [0, 0.05) is 4.47 Å². The number of amides is 2. The van der Waals surface area contributed by atoms with Crippen LogP contribution in [-0.2, 0) is 9.53 Å². The Labute approximate surface area is 172 Å². The summed E-state index contributed by atoms with van der Waals surface area (Å²) in [4.78, 5) is 36.1. The molecule has 3 N–H and O–H groups in total. The SMILES string of the molecule is CCOC(=O)c1c(NC(=O)COc2ccc(Br)cc2Cl)sc(C(N)=O)c1C. The fourth-order valence-electron chi connectivity index (χ4n) is 2.18. The van der Waals surface area contributed by atoms with Crippen molar-refractivity contribution >= 4 is 61.7 Å². The van der Waals surface area contributed by atoms with Crippen LogP contribution in [-0.4, -0.2) is 31.0 Å². The Hall–Kier alpha value is -2.10. The first-order chi connectivity index (χ1) is 12.7. The van der Waals surface area contributed by atoms with Gasteiger partial charge in [0.15, 0.2) is 6.61 Å². The van der Waals surface area contributed by atoms with Crippen molar-refractivity contribution in [2.45, 2.75) is 13.8 Å². The summed E-state index contributed by atoms with van der Waals surface area (Å²) >= 11 is 10.2. The van der Waals surface area contributed by atoms with Crippen LogP contribution in [0.5, 0.6) is 5.75 Å². The molecule has 0 aliphatic rings. The van der Waals surface area contributed by atoms with E-state index in [1.165, 1.54) is 0 Å². The number of primary amides is 1. The molecule has 1 aromatic heterocycles. The predicted octanol–water partition coefficient (Wildman–Crippen LogP) is 3.77. The number of anilines is 1. The zero-order valence-corrected chi connectivity index (χ0v) is 17.6. The van der Waals surface area contributed by atoms with Crippen molar-refractivity contribution in [3.05, 3.63) is 43.7 Å². The number of carbonyl (C=O) groups is 3. The van der Waals surface area contributed by atoms with Gasteiger partial charge in [0.1, 0.15) is 10.8 Å². The maximum atomic E-state index is 12.2. The van der Waals surface area contributed by atoms with Gasteiger partial charge in [-0.05, 0) is 37.6 Å². The van der Waals surface area contributed by atoms with E-state index < -0.39 is 17.8 Å². The van der Waals surface area contributed by atoms with E-state index in [1.807, 2.05) is 0 Å². The van der Waals surface area contributed by atoms with Gasteiger partial charge < -0.3 is 20.5 Å². The van der Waals surface area contributed by atoms with Crippen molar-refractivity contribution in [1.82, 2.24) is 0 Å². The number of thiophene rings is 1. The third kappa shape index (κ3) is 5.21. The van der Waals surface area contributed by atoms with Crippen molar-refractivity contribution < 1.29 is 23.9 Å². The molecular weight excluding hydrogens is 460 g/mol. The van der Waals surface area contributed by atoms with E-state index >= 15 is 0 Å². The normalized spacial score (nSPS) is 10.4. The molecule has 0 saturated carbocycles. The minimum absolute atomic E-state index is 0.102. The summed E-state index contributed by atoms with van der Waals surface area (Å²) in [5, 5.41) is 3.08. The summed E-state index contributed by atoms with van der Waals surface area (Å²) in [7, 11) is 0. The molecule has 0 radical (unpaired) electrons. The van der Waals surface area contributed by atoms with Gasteiger partial charge in [-0.3, -0.25) is 9.59 Å². The van der Waals surface area contributed by atoms with Crippen LogP contribution in [0.1, 0.15) is 32.5 Å². The highest BCUT2D eigenvalue weighted by Gasteiger charge is 2.25. The van der Waals surface area contributed by atoms with Crippen molar-refractivity contribution in [3.8, 4) is 5.75 Å². The Balaban J connectivity index is 2.17. The number of nitrogens with two attached hydrogens (primary N) is 1. The molecule has 2 amide bonds. The smallest absolute Gasteiger partial charge is 0.341 e. The number of benzene rings is 1. The minimum Gasteiger partial charge on any atom is -0.482 e. The summed E-state index contributed by atoms with van der Waals surface area (Å²) in [5.41, 5.74) is 5.79. The lowest BCUT2D eigenvalue weighted by Gasteiger charge is -2.09. The number of hydrogen-bond acceptors (Lipinski definition) is 6. The standard InChI is InChI=1S/C17H16BrClN2O5S/c1-3-25-17(24)13-8(2)14(15(20)23)27-16(13)21-12(22)7-26-11-5-4-9(18)6-10(11)19/h4-6H,3,7H2,1-2H3,(H2,20,23)(H,21,22). The summed E-state index contributed by atoms with van der Waals surface area (Å²) in [5.74, 6) is -1.54. The van der Waals surface area contributed by atoms with Crippen LogP contribution in [0, 0.1) is 6.92 Å². The molecule has 2 aromatic rings. The Bertz CT molecular complexity index is 900. The summed E-state index contributed by atoms with van der Waals surface area (Å²) in [6.45, 7) is 3.03. The van der Waals surface area contributed by atoms with E-state index in [-0.39, 0.29) is 28.7 Å². The second kappa shape index (κ2) is 9.20. The van der Waals surface area contributed by atoms with Crippen LogP contribution in [0.3, 0.4) is 0 Å². The van der Waals surface area contributed by atoms with Gasteiger partial charge >= 0.3 is 5.97 Å². The summed E-state index contributed by atoms with van der Waals surface area (Å²) in [6.07, 6.45) is 0. The second-order valence-corrected chi connectivity index (χ2v) is 7.60. The van der Waals surface area contributed by atoms with Crippen molar-refractivity contribution in [1.29, 1.82) is 0 Å². The molecule has 1 aromatic carbocycles. The van der Waals surface area contributed by atoms with Crippen molar-refractivity contribution in [2.24, 2.45) is 5.73 Å². The molecule has 0 aliphatic heterocycles. The van der Waals surface area contributed by atoms with Gasteiger partial charge in [-0.15, -0.1) is 11.3 Å². The summed E-state index contributed by atoms with van der Waals surface area (Å²) in [6, 6.07) is 4.97. The Morgan fingerprint density at radius 2 is 2.04 bits per heavy atom. The van der Waals surface area contributed by atoms with E-state index in [1.54, 1.807) is 32.0 Å². The molecule has 0 fully saturated rings. The average molecular weight is 476 g/mol. The van der Waals surface area contributed by atoms with Crippen LogP contribution in [0.4, 0.5) is 5.00 Å². The van der Waals surface area contributed by atoms with Gasteiger partial charge in [-0.2, -0.15) is 0 Å². The van der Waals surface area contributed by atoms with E-state index in [9.17, 15) is 14.4 Å². The van der Waals surface area contributed by atoms with Gasteiger partial charge in [0.25, 0.3) is 11.8 Å². The summed E-state index contributed by atoms with van der Waals surface area (Å²) < 4.78 is 11.2. The van der Waals surface area contributed by atoms with Gasteiger partial charge in [-0.1, -0.05) is 27.5 Å². The maximum Gasteiger partial charge on any atom is 0.341 e. The first kappa shape index (κ1) is 21.2. The first-order valence-corrected chi connectivity index (χ1v) is 9.71. The zero-order valence-electron chi connectivity index (χ0n) is 14.4. The second-order valence-electron chi connectivity index (χ2n) is 5.26. The molecular formula is C17H16BrClN2O5S. The predicted molar refractivity (Wildman–Crippen MR) is 107 cm³/mol. The average Bonchev–Trinajstić information content (AvgIpc) is 2.90. The third-order valence-corrected chi connectivity index (χ3v) is 5.37. The fraction of sp³-hybridized carbons (Fsp3) is 0.235. The number of rotatable bonds is 7. The fourth-order valence-corrected chi connectivity index (χ4v) is 3.98. The topological polar surface area (TPSA) is 108 Å². The third-order valence-electron chi connectivity index (χ3n) is 3.36. The highest BCUT2D eigenvalue weighted by molar-refractivity contribution is 9.10. The highest BCUT2D eigenvalue weighted by atomic mass is 79.9. The largest absolute Gasteiger partial charge is 0.482 e. The quantitative estimate of drug-likeness (QED) is 0.593.